The molecule has 0 fully saturated rings. The van der Waals surface area contributed by atoms with Gasteiger partial charge in [-0.15, -0.1) is 0 Å². The number of methoxy groups -OCH3 is 2. The van der Waals surface area contributed by atoms with Crippen molar-refractivity contribution < 1.29 is 19.2 Å². The van der Waals surface area contributed by atoms with Gasteiger partial charge in [0.2, 0.25) is 0 Å². The van der Waals surface area contributed by atoms with Crippen molar-refractivity contribution in [3.8, 4) is 11.5 Å². The van der Waals surface area contributed by atoms with E-state index in [2.05, 4.69) is 10.6 Å². The van der Waals surface area contributed by atoms with Gasteiger partial charge in [-0.3, -0.25) is 15.1 Å². The molecule has 9 heteroatoms. The number of para-hydroxylation sites is 2. The zero-order valence-electron chi connectivity index (χ0n) is 18.8. The minimum absolute atomic E-state index is 0.127. The summed E-state index contributed by atoms with van der Waals surface area (Å²) in [6.07, 6.45) is 1.47. The molecule has 0 radical (unpaired) electrons. The van der Waals surface area contributed by atoms with E-state index in [1.807, 2.05) is 24.3 Å². The fraction of sp³-hybridized carbons (Fsp3) is 0.200. The number of amides is 2. The maximum absolute atomic E-state index is 12.3. The Morgan fingerprint density at radius 3 is 2.44 bits per heavy atom. The number of carbonyl (C=O) groups is 1. The number of rotatable bonds is 7. The fourth-order valence-electron chi connectivity index (χ4n) is 3.87. The molecule has 0 unspecified atom stereocenters. The van der Waals surface area contributed by atoms with Crippen LogP contribution in [0.15, 0.2) is 65.7 Å². The van der Waals surface area contributed by atoms with Crippen LogP contribution in [-0.4, -0.2) is 37.4 Å². The summed E-state index contributed by atoms with van der Waals surface area (Å²) in [7, 11) is 3.24. The molecule has 0 aromatic heterocycles. The Kier molecular flexibility index (Phi) is 6.72. The number of hydrogen-bond acceptors (Lipinski definition) is 6. The standard InChI is InChI=1S/C25H24N4O5/c1-33-23-14-17-11-12-26-21(19(17)15-24(23)34-2)13-16-7-9-18(10-8-16)27-25(30)28-20-5-3-4-6-22(20)29(31)32/h3-10,14-15H,11-13H2,1-2H3,(H2,27,28,30). The molecule has 174 valence electrons. The van der Waals surface area contributed by atoms with Crippen molar-refractivity contribution in [1.82, 2.24) is 0 Å². The van der Waals surface area contributed by atoms with Crippen molar-refractivity contribution in [2.24, 2.45) is 4.99 Å². The minimum atomic E-state index is -0.561. The first-order valence-corrected chi connectivity index (χ1v) is 10.7. The van der Waals surface area contributed by atoms with E-state index in [1.54, 1.807) is 38.5 Å². The van der Waals surface area contributed by atoms with Gasteiger partial charge in [-0.25, -0.2) is 4.79 Å². The van der Waals surface area contributed by atoms with Crippen molar-refractivity contribution in [3.63, 3.8) is 0 Å². The third-order valence-electron chi connectivity index (χ3n) is 5.54. The van der Waals surface area contributed by atoms with Crippen LogP contribution in [0.5, 0.6) is 11.5 Å². The molecule has 4 rings (SSSR count). The topological polar surface area (TPSA) is 115 Å². The van der Waals surface area contributed by atoms with E-state index in [4.69, 9.17) is 14.5 Å². The molecule has 1 heterocycles. The Morgan fingerprint density at radius 2 is 1.74 bits per heavy atom. The van der Waals surface area contributed by atoms with Crippen LogP contribution in [0.1, 0.15) is 16.7 Å². The SMILES string of the molecule is COc1cc2c(cc1OC)C(Cc1ccc(NC(=O)Nc3ccccc3[N+](=O)[O-])cc1)=NCC2. The number of fused-ring (bicyclic) bond motifs is 1. The van der Waals surface area contributed by atoms with Gasteiger partial charge >= 0.3 is 6.03 Å². The number of urea groups is 1. The molecule has 3 aromatic carbocycles. The van der Waals surface area contributed by atoms with E-state index in [-0.39, 0.29) is 11.4 Å². The second kappa shape index (κ2) is 10.0. The van der Waals surface area contributed by atoms with Gasteiger partial charge in [0.15, 0.2) is 11.5 Å². The van der Waals surface area contributed by atoms with Gasteiger partial charge in [0, 0.05) is 36.0 Å². The van der Waals surface area contributed by atoms with Crippen LogP contribution < -0.4 is 20.1 Å². The molecule has 1 aliphatic rings. The lowest BCUT2D eigenvalue weighted by Gasteiger charge is -2.20. The van der Waals surface area contributed by atoms with Crippen LogP contribution in [0.2, 0.25) is 0 Å². The first kappa shape index (κ1) is 22.8. The fourth-order valence-corrected chi connectivity index (χ4v) is 3.87. The summed E-state index contributed by atoms with van der Waals surface area (Å²) in [5.41, 5.74) is 4.75. The number of hydrogen-bond donors (Lipinski definition) is 2. The lowest BCUT2D eigenvalue weighted by molar-refractivity contribution is -0.383. The van der Waals surface area contributed by atoms with E-state index in [1.165, 1.54) is 17.7 Å². The van der Waals surface area contributed by atoms with Crippen molar-refractivity contribution >= 4 is 28.8 Å². The van der Waals surface area contributed by atoms with Crippen molar-refractivity contribution in [2.45, 2.75) is 12.8 Å². The monoisotopic (exact) mass is 460 g/mol. The summed E-state index contributed by atoms with van der Waals surface area (Å²) in [5.74, 6) is 1.37. The van der Waals surface area contributed by atoms with Gasteiger partial charge in [-0.05, 0) is 47.9 Å². The number of carbonyl (C=O) groups excluding carboxylic acids is 1. The molecule has 0 bridgehead atoms. The van der Waals surface area contributed by atoms with Gasteiger partial charge in [0.1, 0.15) is 5.69 Å². The minimum Gasteiger partial charge on any atom is -0.493 e. The molecule has 34 heavy (non-hydrogen) atoms. The summed E-state index contributed by atoms with van der Waals surface area (Å²) in [4.78, 5) is 27.6. The number of benzene rings is 3. The third-order valence-corrected chi connectivity index (χ3v) is 5.54. The van der Waals surface area contributed by atoms with Crippen LogP contribution in [0.4, 0.5) is 21.9 Å². The molecule has 0 spiro atoms. The predicted molar refractivity (Wildman–Crippen MR) is 131 cm³/mol. The Bertz CT molecular complexity index is 1250. The second-order valence-electron chi connectivity index (χ2n) is 7.67. The quantitative estimate of drug-likeness (QED) is 0.387. The molecular formula is C25H24N4O5. The largest absolute Gasteiger partial charge is 0.493 e. The molecule has 3 aromatic rings. The molecule has 2 amide bonds. The van der Waals surface area contributed by atoms with Crippen LogP contribution in [-0.2, 0) is 12.8 Å². The van der Waals surface area contributed by atoms with Crippen molar-refractivity contribution in [2.75, 3.05) is 31.4 Å². The summed E-state index contributed by atoms with van der Waals surface area (Å²) in [6.45, 7) is 0.712. The molecule has 2 N–H and O–H groups in total. The van der Waals surface area contributed by atoms with Crippen molar-refractivity contribution in [1.29, 1.82) is 0 Å². The molecule has 0 saturated carbocycles. The normalized spacial score (nSPS) is 12.2. The molecule has 0 atom stereocenters. The first-order valence-electron chi connectivity index (χ1n) is 10.7. The second-order valence-corrected chi connectivity index (χ2v) is 7.67. The number of nitrogens with one attached hydrogen (secondary N) is 2. The molecule has 9 nitrogen and oxygen atoms in total. The summed E-state index contributed by atoms with van der Waals surface area (Å²) in [6, 6.07) is 16.8. The van der Waals surface area contributed by atoms with Gasteiger partial charge in [-0.2, -0.15) is 0 Å². The summed E-state index contributed by atoms with van der Waals surface area (Å²) in [5, 5.41) is 16.3. The Morgan fingerprint density at radius 1 is 1.03 bits per heavy atom. The highest BCUT2D eigenvalue weighted by molar-refractivity contribution is 6.04. The van der Waals surface area contributed by atoms with E-state index in [0.717, 1.165) is 23.3 Å². The van der Waals surface area contributed by atoms with Crippen LogP contribution in [0.3, 0.4) is 0 Å². The highest BCUT2D eigenvalue weighted by atomic mass is 16.6. The average Bonchev–Trinajstić information content (AvgIpc) is 2.84. The molecular weight excluding hydrogens is 436 g/mol. The zero-order chi connectivity index (χ0) is 24.1. The number of aliphatic imine (C=N–C) groups is 1. The first-order chi connectivity index (χ1) is 16.5. The van der Waals surface area contributed by atoms with E-state index in [9.17, 15) is 14.9 Å². The summed E-state index contributed by atoms with van der Waals surface area (Å²) < 4.78 is 10.9. The van der Waals surface area contributed by atoms with Gasteiger partial charge in [0.05, 0.1) is 19.1 Å². The zero-order valence-corrected chi connectivity index (χ0v) is 18.8. The lowest BCUT2D eigenvalue weighted by Crippen LogP contribution is -2.20. The summed E-state index contributed by atoms with van der Waals surface area (Å²) >= 11 is 0. The highest BCUT2D eigenvalue weighted by Gasteiger charge is 2.19. The number of nitro benzene ring substituents is 1. The Hall–Kier alpha value is -4.40. The average molecular weight is 460 g/mol. The van der Waals surface area contributed by atoms with Crippen LogP contribution in [0.25, 0.3) is 0 Å². The smallest absolute Gasteiger partial charge is 0.323 e. The van der Waals surface area contributed by atoms with E-state index in [0.29, 0.717) is 30.2 Å². The van der Waals surface area contributed by atoms with E-state index < -0.39 is 11.0 Å². The number of nitro groups is 1. The molecule has 0 aliphatic carbocycles. The predicted octanol–water partition coefficient (Wildman–Crippen LogP) is 4.84. The van der Waals surface area contributed by atoms with Crippen LogP contribution >= 0.6 is 0 Å². The van der Waals surface area contributed by atoms with Gasteiger partial charge < -0.3 is 20.1 Å². The number of anilines is 2. The van der Waals surface area contributed by atoms with Crippen molar-refractivity contribution in [3.05, 3.63) is 87.5 Å². The third kappa shape index (κ3) is 4.98. The maximum Gasteiger partial charge on any atom is 0.323 e. The number of ether oxygens (including phenoxy) is 2. The molecule has 1 aliphatic heterocycles. The number of nitrogens with zero attached hydrogens (tertiary/aromatic N) is 2. The van der Waals surface area contributed by atoms with Gasteiger partial charge in [-0.1, -0.05) is 24.3 Å². The van der Waals surface area contributed by atoms with E-state index >= 15 is 0 Å². The Labute approximate surface area is 196 Å². The lowest BCUT2D eigenvalue weighted by atomic mass is 9.93. The highest BCUT2D eigenvalue weighted by Crippen LogP contribution is 2.33. The molecule has 0 saturated heterocycles. The van der Waals surface area contributed by atoms with Crippen LogP contribution in [0, 0.1) is 10.1 Å². The Balaban J connectivity index is 1.44. The maximum atomic E-state index is 12.3. The van der Waals surface area contributed by atoms with Gasteiger partial charge in [0.25, 0.3) is 5.69 Å².